The van der Waals surface area contributed by atoms with Crippen molar-refractivity contribution in [3.05, 3.63) is 47.4 Å². The molecule has 2 aromatic rings. The lowest BCUT2D eigenvalue weighted by Crippen LogP contribution is -2.51. The highest BCUT2D eigenvalue weighted by atomic mass is 35.5. The first-order valence-corrected chi connectivity index (χ1v) is 9.96. The maximum Gasteiger partial charge on any atom is 0.260 e. The van der Waals surface area contributed by atoms with Crippen molar-refractivity contribution in [3.63, 3.8) is 0 Å². The molecule has 1 atom stereocenters. The standard InChI is InChI=1S/C16H20ClN5O3S.ClH/c1-21-10-15(19-11-21)26(24,25)20-9-16(23)22-6-5-18-8-14(22)12-3-2-4-13(17)7-12;/h2-4,7,10-11,14,18,20H,5-6,8-9H2,1H3;1H. The Balaban J connectivity index is 0.00000261. The Bertz CT molecular complexity index is 903. The van der Waals surface area contributed by atoms with E-state index in [0.717, 1.165) is 5.56 Å². The van der Waals surface area contributed by atoms with E-state index in [1.165, 1.54) is 17.1 Å². The van der Waals surface area contributed by atoms with Gasteiger partial charge in [-0.1, -0.05) is 23.7 Å². The second-order valence-electron chi connectivity index (χ2n) is 6.06. The maximum absolute atomic E-state index is 12.7. The molecule has 2 N–H and O–H groups in total. The van der Waals surface area contributed by atoms with Crippen molar-refractivity contribution in [2.45, 2.75) is 11.1 Å². The first kappa shape index (κ1) is 21.6. The fraction of sp³-hybridized carbons (Fsp3) is 0.375. The highest BCUT2D eigenvalue weighted by Crippen LogP contribution is 2.24. The van der Waals surface area contributed by atoms with Crippen LogP contribution in [0.15, 0.2) is 41.8 Å². The van der Waals surface area contributed by atoms with Crippen LogP contribution in [0.25, 0.3) is 0 Å². The molecule has 2 heterocycles. The van der Waals surface area contributed by atoms with Gasteiger partial charge in [-0.2, -0.15) is 0 Å². The van der Waals surface area contributed by atoms with E-state index < -0.39 is 10.0 Å². The van der Waals surface area contributed by atoms with Crippen molar-refractivity contribution >= 4 is 39.9 Å². The molecule has 8 nitrogen and oxygen atoms in total. The average molecular weight is 434 g/mol. The Hall–Kier alpha value is -1.65. The number of hydrogen-bond donors (Lipinski definition) is 2. The van der Waals surface area contributed by atoms with Gasteiger partial charge in [0.05, 0.1) is 18.9 Å². The van der Waals surface area contributed by atoms with Crippen LogP contribution in [0.1, 0.15) is 11.6 Å². The third kappa shape index (κ3) is 5.20. The number of aryl methyl sites for hydroxylation is 1. The highest BCUT2D eigenvalue weighted by molar-refractivity contribution is 7.89. The Morgan fingerprint density at radius 3 is 2.89 bits per heavy atom. The SMILES string of the molecule is Cl.Cn1cnc(S(=O)(=O)NCC(=O)N2CCNCC2c2cccc(Cl)c2)c1. The molecular weight excluding hydrogens is 413 g/mol. The number of benzene rings is 1. The van der Waals surface area contributed by atoms with Crippen LogP contribution in [0.5, 0.6) is 0 Å². The topological polar surface area (TPSA) is 96.3 Å². The van der Waals surface area contributed by atoms with E-state index in [1.54, 1.807) is 18.0 Å². The summed E-state index contributed by atoms with van der Waals surface area (Å²) in [5.41, 5.74) is 0.908. The number of aromatic nitrogens is 2. The Labute approximate surface area is 169 Å². The summed E-state index contributed by atoms with van der Waals surface area (Å²) in [4.78, 5) is 18.1. The number of halogens is 2. The summed E-state index contributed by atoms with van der Waals surface area (Å²) in [5, 5.41) is 3.73. The molecule has 1 aliphatic rings. The van der Waals surface area contributed by atoms with Gasteiger partial charge in [-0.05, 0) is 17.7 Å². The number of piperazine rings is 1. The van der Waals surface area contributed by atoms with Gasteiger partial charge in [-0.15, -0.1) is 12.4 Å². The summed E-state index contributed by atoms with van der Waals surface area (Å²) in [6.45, 7) is 1.40. The summed E-state index contributed by atoms with van der Waals surface area (Å²) in [7, 11) is -2.15. The lowest BCUT2D eigenvalue weighted by atomic mass is 10.0. The average Bonchev–Trinajstić information content (AvgIpc) is 3.07. The van der Waals surface area contributed by atoms with Crippen LogP contribution >= 0.6 is 24.0 Å². The van der Waals surface area contributed by atoms with Crippen molar-refractivity contribution in [3.8, 4) is 0 Å². The van der Waals surface area contributed by atoms with Gasteiger partial charge in [0.15, 0.2) is 5.03 Å². The zero-order valence-electron chi connectivity index (χ0n) is 14.6. The zero-order valence-corrected chi connectivity index (χ0v) is 17.0. The zero-order chi connectivity index (χ0) is 18.7. The van der Waals surface area contributed by atoms with Crippen molar-refractivity contribution < 1.29 is 13.2 Å². The Morgan fingerprint density at radius 2 is 2.22 bits per heavy atom. The van der Waals surface area contributed by atoms with E-state index in [2.05, 4.69) is 15.0 Å². The second kappa shape index (κ2) is 9.03. The molecule has 1 aromatic heterocycles. The fourth-order valence-electron chi connectivity index (χ4n) is 2.87. The largest absolute Gasteiger partial charge is 0.339 e. The van der Waals surface area contributed by atoms with Gasteiger partial charge in [0.25, 0.3) is 10.0 Å². The molecule has 11 heteroatoms. The van der Waals surface area contributed by atoms with Crippen molar-refractivity contribution in [1.29, 1.82) is 0 Å². The smallest absolute Gasteiger partial charge is 0.260 e. The van der Waals surface area contributed by atoms with Crippen LogP contribution in [-0.2, 0) is 21.9 Å². The van der Waals surface area contributed by atoms with Crippen LogP contribution < -0.4 is 10.0 Å². The summed E-state index contributed by atoms with van der Waals surface area (Å²) in [6.07, 6.45) is 2.77. The van der Waals surface area contributed by atoms with E-state index in [0.29, 0.717) is 24.7 Å². The van der Waals surface area contributed by atoms with E-state index in [-0.39, 0.29) is 35.9 Å². The molecule has 0 aliphatic carbocycles. The van der Waals surface area contributed by atoms with Crippen LogP contribution in [0.3, 0.4) is 0 Å². The summed E-state index contributed by atoms with van der Waals surface area (Å²) in [5.74, 6) is -0.295. The molecule has 0 bridgehead atoms. The van der Waals surface area contributed by atoms with Crippen molar-refractivity contribution in [1.82, 2.24) is 24.5 Å². The molecule has 148 valence electrons. The van der Waals surface area contributed by atoms with Gasteiger partial charge in [-0.3, -0.25) is 4.79 Å². The quantitative estimate of drug-likeness (QED) is 0.731. The van der Waals surface area contributed by atoms with Gasteiger partial charge >= 0.3 is 0 Å². The molecule has 0 saturated carbocycles. The van der Waals surface area contributed by atoms with Gasteiger partial charge in [0, 0.05) is 37.9 Å². The minimum atomic E-state index is -3.83. The summed E-state index contributed by atoms with van der Waals surface area (Å²) in [6, 6.07) is 7.13. The highest BCUT2D eigenvalue weighted by Gasteiger charge is 2.29. The van der Waals surface area contributed by atoms with E-state index in [4.69, 9.17) is 11.6 Å². The number of hydrogen-bond acceptors (Lipinski definition) is 5. The van der Waals surface area contributed by atoms with Crippen LogP contribution in [-0.4, -0.2) is 55.0 Å². The molecule has 1 unspecified atom stereocenters. The molecule has 1 saturated heterocycles. The number of rotatable bonds is 5. The van der Waals surface area contributed by atoms with Crippen molar-refractivity contribution in [2.75, 3.05) is 26.2 Å². The molecule has 0 spiro atoms. The Morgan fingerprint density at radius 1 is 1.44 bits per heavy atom. The van der Waals surface area contributed by atoms with Crippen LogP contribution in [0.4, 0.5) is 0 Å². The second-order valence-corrected chi connectivity index (χ2v) is 8.21. The minimum absolute atomic E-state index is 0. The number of sulfonamides is 1. The lowest BCUT2D eigenvalue weighted by molar-refractivity contribution is -0.133. The number of nitrogens with zero attached hydrogens (tertiary/aromatic N) is 3. The molecule has 27 heavy (non-hydrogen) atoms. The van der Waals surface area contributed by atoms with Gasteiger partial charge in [0.2, 0.25) is 5.91 Å². The molecule has 1 fully saturated rings. The number of carbonyl (C=O) groups excluding carboxylic acids is 1. The lowest BCUT2D eigenvalue weighted by Gasteiger charge is -2.36. The van der Waals surface area contributed by atoms with E-state index in [1.807, 2.05) is 18.2 Å². The Kier molecular flexibility index (Phi) is 7.24. The summed E-state index contributed by atoms with van der Waals surface area (Å²) >= 11 is 6.06. The first-order valence-electron chi connectivity index (χ1n) is 8.10. The predicted octanol–water partition coefficient (Wildman–Crippen LogP) is 0.947. The van der Waals surface area contributed by atoms with Crippen LogP contribution in [0, 0.1) is 0 Å². The normalized spacial score (nSPS) is 17.4. The minimum Gasteiger partial charge on any atom is -0.339 e. The number of nitrogens with one attached hydrogen (secondary N) is 2. The number of carbonyl (C=O) groups is 1. The molecule has 1 aromatic carbocycles. The molecular formula is C16H21Cl2N5O3S. The van der Waals surface area contributed by atoms with Gasteiger partial charge in [-0.25, -0.2) is 18.1 Å². The monoisotopic (exact) mass is 433 g/mol. The maximum atomic E-state index is 12.7. The van der Waals surface area contributed by atoms with E-state index >= 15 is 0 Å². The van der Waals surface area contributed by atoms with E-state index in [9.17, 15) is 13.2 Å². The predicted molar refractivity (Wildman–Crippen MR) is 104 cm³/mol. The molecule has 0 radical (unpaired) electrons. The molecule has 1 aliphatic heterocycles. The van der Waals surface area contributed by atoms with Gasteiger partial charge in [0.1, 0.15) is 0 Å². The first-order chi connectivity index (χ1) is 12.4. The van der Waals surface area contributed by atoms with Crippen LogP contribution in [0.2, 0.25) is 5.02 Å². The number of amides is 1. The fourth-order valence-corrected chi connectivity index (χ4v) is 4.03. The molecule has 1 amide bonds. The summed E-state index contributed by atoms with van der Waals surface area (Å²) < 4.78 is 28.3. The van der Waals surface area contributed by atoms with Gasteiger partial charge < -0.3 is 14.8 Å². The van der Waals surface area contributed by atoms with Crippen molar-refractivity contribution in [2.24, 2.45) is 7.05 Å². The molecule has 3 rings (SSSR count). The number of imidazole rings is 1. The third-order valence-electron chi connectivity index (χ3n) is 4.17. The third-order valence-corrected chi connectivity index (χ3v) is 5.69.